The van der Waals surface area contributed by atoms with Gasteiger partial charge in [-0.3, -0.25) is 18.6 Å². The number of hydrogen-bond donors (Lipinski definition) is 5. The van der Waals surface area contributed by atoms with Crippen LogP contribution >= 0.6 is 171 Å². The number of thiophene rings is 6. The Balaban J connectivity index is 0.000000757. The second-order valence-electron chi connectivity index (χ2n) is 24.1. The van der Waals surface area contributed by atoms with Crippen LogP contribution in [0.15, 0.2) is 109 Å². The number of benzene rings is 2. The molecule has 2 aromatic carbocycles. The van der Waals surface area contributed by atoms with E-state index in [1.165, 1.54) is 63.4 Å². The van der Waals surface area contributed by atoms with Crippen LogP contribution in [-0.4, -0.2) is 154 Å². The molecule has 7 aliphatic rings. The maximum absolute atomic E-state index is 13.6. The summed E-state index contributed by atoms with van der Waals surface area (Å²) in [5.74, 6) is -0.508. The van der Waals surface area contributed by atoms with Crippen molar-refractivity contribution in [3.63, 3.8) is 0 Å². The summed E-state index contributed by atoms with van der Waals surface area (Å²) in [7, 11) is 1.58. The summed E-state index contributed by atoms with van der Waals surface area (Å²) in [6.45, 7) is 13.9. The number of aldehydes is 2. The molecule has 4 saturated heterocycles. The van der Waals surface area contributed by atoms with Gasteiger partial charge in [-0.2, -0.15) is 47.0 Å². The summed E-state index contributed by atoms with van der Waals surface area (Å²) in [4.78, 5) is 52.7. The number of halogens is 6. The topological polar surface area (TPSA) is 346 Å². The molecule has 0 amide bonds. The average molecular weight is 2240 g/mol. The minimum Gasteiger partial charge on any atom is -1.00 e. The zero-order valence-electron chi connectivity index (χ0n) is 62.6. The van der Waals surface area contributed by atoms with Gasteiger partial charge in [-0.15, -0.1) is 77.3 Å². The van der Waals surface area contributed by atoms with Crippen molar-refractivity contribution < 1.29 is 173 Å². The van der Waals surface area contributed by atoms with E-state index in [2.05, 4.69) is 113 Å². The van der Waals surface area contributed by atoms with Gasteiger partial charge in [0.15, 0.2) is 37.7 Å². The van der Waals surface area contributed by atoms with E-state index in [9.17, 15) is 33.0 Å². The van der Waals surface area contributed by atoms with Crippen LogP contribution in [0.3, 0.4) is 0 Å². The summed E-state index contributed by atoms with van der Waals surface area (Å²) in [5, 5.41) is 40.8. The van der Waals surface area contributed by atoms with Crippen molar-refractivity contribution in [2.45, 2.75) is 111 Å². The molecule has 0 spiro atoms. The van der Waals surface area contributed by atoms with Gasteiger partial charge in [-0.25, -0.2) is 37.4 Å². The van der Waals surface area contributed by atoms with E-state index >= 15 is 0 Å². The van der Waals surface area contributed by atoms with E-state index in [1.807, 2.05) is 72.1 Å². The number of ether oxygens (including phenoxy) is 10. The largest absolute Gasteiger partial charge is 1.00 e. The van der Waals surface area contributed by atoms with Crippen molar-refractivity contribution in [3.05, 3.63) is 225 Å². The molecule has 647 valence electrons. The number of aliphatic hydroxyl groups excluding tert-OH is 3. The number of carbonyl (C=O) groups excluding carboxylic acids is 3. The molecule has 16 rings (SSSR count). The third-order valence-corrected chi connectivity index (χ3v) is 27.6. The monoisotopic (exact) mass is 2230 g/mol. The molecule has 6 N–H and O–H groups in total. The Kier molecular flexibility index (Phi) is 56.5. The zero-order valence-corrected chi connectivity index (χ0v) is 84.0. The Hall–Kier alpha value is -0.746. The molecule has 9 aromatic rings. The number of carbonyl (C=O) groups is 3. The quantitative estimate of drug-likeness (QED) is 0.0186. The van der Waals surface area contributed by atoms with E-state index in [0.717, 1.165) is 99.7 Å². The first-order valence-electron chi connectivity index (χ1n) is 33.6. The fraction of sp³-hybridized carbons (Fsp3) is 0.392. The fourth-order valence-corrected chi connectivity index (χ4v) is 20.6. The van der Waals surface area contributed by atoms with Gasteiger partial charge < -0.3 is 69.4 Å². The van der Waals surface area contributed by atoms with Gasteiger partial charge in [0.05, 0.1) is 115 Å². The van der Waals surface area contributed by atoms with Crippen LogP contribution < -0.4 is 40.0 Å². The van der Waals surface area contributed by atoms with Crippen LogP contribution in [0.1, 0.15) is 181 Å². The number of nitrogens with one attached hydrogen (secondary N) is 1. The molecule has 7 aromatic heterocycles. The van der Waals surface area contributed by atoms with Crippen molar-refractivity contribution >= 4 is 236 Å². The van der Waals surface area contributed by atoms with Crippen LogP contribution in [0.2, 0.25) is 10.0 Å². The molecule has 2 unspecified atom stereocenters. The van der Waals surface area contributed by atoms with Gasteiger partial charge in [-0.1, -0.05) is 57.6 Å². The molecule has 5 atom stereocenters. The summed E-state index contributed by atoms with van der Waals surface area (Å²) in [6.07, 6.45) is 4.47. The number of nitrogens with zero attached hydrogens (tertiary/aromatic N) is 2. The Labute approximate surface area is 832 Å². The van der Waals surface area contributed by atoms with E-state index in [1.54, 1.807) is 28.7 Å². The van der Waals surface area contributed by atoms with E-state index in [0.29, 0.717) is 136 Å². The number of hydrogen-bond acceptors (Lipinski definition) is 30. The summed E-state index contributed by atoms with van der Waals surface area (Å²) < 4.78 is 103. The first-order valence-corrected chi connectivity index (χ1v) is 47.9. The van der Waals surface area contributed by atoms with E-state index < -0.39 is 28.4 Å². The summed E-state index contributed by atoms with van der Waals surface area (Å²) in [5.41, 5.74) is 6.24. The molecule has 6 aliphatic heterocycles. The summed E-state index contributed by atoms with van der Waals surface area (Å²) >= 11 is 34.5. The van der Waals surface area contributed by atoms with Crippen LogP contribution in [-0.2, 0) is 153 Å². The molecule has 25 nitrogen and oxygen atoms in total. The second-order valence-corrected chi connectivity index (χ2v) is 37.7. The van der Waals surface area contributed by atoms with Gasteiger partial charge >= 0.3 is 39.9 Å². The number of rotatable bonds is 17. The molecular weight excluding hydrogens is 2150 g/mol. The predicted octanol–water partition coefficient (Wildman–Crippen LogP) is 15.3. The third kappa shape index (κ3) is 34.2. The minimum absolute atomic E-state index is 0. The zero-order chi connectivity index (χ0) is 81.3. The Bertz CT molecular complexity index is 4840. The number of anilines is 1. The molecule has 0 bridgehead atoms. The average Bonchev–Trinajstić information content (AvgIpc) is 1.60. The smallest absolute Gasteiger partial charge is 1.00 e. The SMILES string of the molecule is Brc1csc(C2OCCO2)c1.C.C.C.NS(=O)(=O)OC[C@H]1C[C@@H](Nc2ncncc2C(=O)c2cc(C3OCCc4ccc(Cl)cc43)c(CO)s2)C[C@@H]1O.O=Cc1sc(C2OCCO2)cc1Br.O=S=P.O=S=P.OCc1sc(C2OCCO2)cc1Br.[B].[CH2-]c1sc(C2OCCO2)cc1Br.[CH2-]c1sc(C=O)cc1C1OCCc2ccc(Cl)cc21.[H-].[Na+].[Ti].[Ti]. The van der Waals surface area contributed by atoms with E-state index in [4.69, 9.17) is 89.2 Å². The summed E-state index contributed by atoms with van der Waals surface area (Å²) in [6, 6.07) is 22.7. The van der Waals surface area contributed by atoms with Crippen LogP contribution in [0, 0.1) is 19.8 Å². The maximum Gasteiger partial charge on any atom is 1.00 e. The number of ketones is 1. The Morgan fingerprint density at radius 2 is 1.12 bits per heavy atom. The van der Waals surface area contributed by atoms with Crippen molar-refractivity contribution in [3.8, 4) is 0 Å². The van der Waals surface area contributed by atoms with Gasteiger partial charge in [-0.05, 0) is 160 Å². The Morgan fingerprint density at radius 3 is 1.56 bits per heavy atom. The molecule has 1 saturated carbocycles. The number of aromatic nitrogens is 2. The van der Waals surface area contributed by atoms with Crippen molar-refractivity contribution in [1.29, 1.82) is 0 Å². The minimum atomic E-state index is -4.12. The van der Waals surface area contributed by atoms with Crippen molar-refractivity contribution in [1.82, 2.24) is 9.97 Å². The molecular formula is C74H85BBr4Cl2N4NaO21P2S9Ti2-2. The predicted molar refractivity (Wildman–Crippen MR) is 483 cm³/mol. The van der Waals surface area contributed by atoms with Crippen LogP contribution in [0.5, 0.6) is 0 Å². The molecule has 46 heteroatoms. The second kappa shape index (κ2) is 58.8. The third-order valence-electron chi connectivity index (χ3n) is 16.8. The van der Waals surface area contributed by atoms with E-state index in [-0.39, 0.29) is 179 Å². The normalized spacial score (nSPS) is 18.1. The van der Waals surface area contributed by atoms with Gasteiger partial charge in [0.25, 0.3) is 0 Å². The molecule has 3 radical (unpaired) electrons. The van der Waals surface area contributed by atoms with Crippen LogP contribution in [0.25, 0.3) is 0 Å². The number of aliphatic hydroxyl groups is 3. The first kappa shape index (κ1) is 115. The molecule has 1 aliphatic carbocycles. The van der Waals surface area contributed by atoms with Crippen molar-refractivity contribution in [2.24, 2.45) is 11.1 Å². The Morgan fingerprint density at radius 1 is 0.633 bits per heavy atom. The first-order chi connectivity index (χ1) is 54.4. The van der Waals surface area contributed by atoms with Gasteiger partial charge in [0.2, 0.25) is 5.78 Å². The standard InChI is InChI=1S/C25H27ClN4O7S2.C15H12ClO2S.C8H9BrO3S.C8H7BrO3S.C8H8BrO2S.C7H7BrO2S.3CH4.B.Na.2HOPS.2Ti.H/c26-15-2-1-13-3-4-36-24(17(13)6-15)18-8-21(38-22(18)10-31)23(33)19-9-28-12-29-25(19)30-16-5-14(20(32)7-16)11-37-39(27,34)35;1-9-13(7-12(8-17)19-9)15-14-6-11(16)3-2-10(14)4-5-18-15;2*9-5-3-6(13-7(5)4-10)8-11-1-2-12-8;1-5-6(9)4-7(12-5)8-10-2-3-11-8;8-5-3-6(11-4-5)7-9-1-2-10-7;;;;;;2*1-3-2;;;/h1-2,6,8-9,12,14,16,20,24,31-32H,3-5,7,10-11H2,(H2,27,34,35)(H,28,29,30);2-3,6-8,15H,1,4-5H2;3,8,10H,1-2,4H2;3-4,8H,1-2H2;4,8H,1-3H2;3-4,7H,1-2H2;3*1H4;;;2*2H;;;/q;-1;;;-1;;;;;;+1;;;;;-1/t14-,16-,20+,24?;;;;;;;;;;;;;;;/m1.............../s1. The van der Waals surface area contributed by atoms with Crippen LogP contribution in [0.4, 0.5) is 5.82 Å². The fourth-order valence-electron chi connectivity index (χ4n) is 11.8. The number of fused-ring (bicyclic) bond motifs is 2. The van der Waals surface area contributed by atoms with Gasteiger partial charge in [0, 0.05) is 137 Å². The molecule has 5 fully saturated rings. The van der Waals surface area contributed by atoms with Gasteiger partial charge in [0.1, 0.15) is 39.9 Å². The molecule has 13 heterocycles. The maximum atomic E-state index is 13.6. The molecule has 120 heavy (non-hydrogen) atoms. The number of nitrogens with two attached hydrogens (primary N) is 1. The van der Waals surface area contributed by atoms with Crippen molar-refractivity contribution in [2.75, 3.05) is 78.0 Å².